The van der Waals surface area contributed by atoms with Gasteiger partial charge in [0.05, 0.1) is 23.1 Å². The number of carbonyl (C=O) groups is 1. The molecule has 1 aliphatic heterocycles. The number of ether oxygens (including phenoxy) is 1. The molecule has 0 N–H and O–H groups in total. The molecule has 23 heavy (non-hydrogen) atoms. The smallest absolute Gasteiger partial charge is 0.261 e. The predicted molar refractivity (Wildman–Crippen MR) is 83.6 cm³/mol. The Bertz CT molecular complexity index is 732. The van der Waals surface area contributed by atoms with Crippen LogP contribution in [0, 0.1) is 11.3 Å². The third kappa shape index (κ3) is 3.82. The summed E-state index contributed by atoms with van der Waals surface area (Å²) in [5.74, 6) is 0.572. The molecule has 1 aliphatic carbocycles. The lowest BCUT2D eigenvalue weighted by Crippen LogP contribution is -2.45. The summed E-state index contributed by atoms with van der Waals surface area (Å²) in [4.78, 5) is 14.2. The maximum absolute atomic E-state index is 12.5. The van der Waals surface area contributed by atoms with Crippen LogP contribution in [0.3, 0.4) is 0 Å². The number of amides is 1. The van der Waals surface area contributed by atoms with Crippen molar-refractivity contribution in [1.82, 2.24) is 4.90 Å². The predicted octanol–water partition coefficient (Wildman–Crippen LogP) is 1.12. The van der Waals surface area contributed by atoms with E-state index in [2.05, 4.69) is 0 Å². The minimum Gasteiger partial charge on any atom is -0.484 e. The van der Waals surface area contributed by atoms with E-state index in [1.165, 1.54) is 0 Å². The van der Waals surface area contributed by atoms with Crippen molar-refractivity contribution in [2.45, 2.75) is 31.3 Å². The van der Waals surface area contributed by atoms with Crippen molar-refractivity contribution < 1.29 is 17.9 Å². The van der Waals surface area contributed by atoms with E-state index in [1.54, 1.807) is 29.2 Å². The van der Waals surface area contributed by atoms with E-state index in [9.17, 15) is 13.2 Å². The zero-order chi connectivity index (χ0) is 16.4. The molecule has 6 nitrogen and oxygen atoms in total. The molecule has 1 heterocycles. The highest BCUT2D eigenvalue weighted by atomic mass is 32.2. The molecule has 0 bridgehead atoms. The number of nitriles is 1. The Morgan fingerprint density at radius 3 is 2.43 bits per heavy atom. The Balaban J connectivity index is 1.62. The van der Waals surface area contributed by atoms with E-state index in [0.717, 1.165) is 12.8 Å². The van der Waals surface area contributed by atoms with E-state index < -0.39 is 9.84 Å². The summed E-state index contributed by atoms with van der Waals surface area (Å²) >= 11 is 0. The summed E-state index contributed by atoms with van der Waals surface area (Å²) in [5.41, 5.74) is 0.527. The van der Waals surface area contributed by atoms with Gasteiger partial charge in [-0.1, -0.05) is 0 Å². The van der Waals surface area contributed by atoms with Crippen molar-refractivity contribution in [2.75, 3.05) is 18.1 Å². The summed E-state index contributed by atoms with van der Waals surface area (Å²) in [6.07, 6.45) is 2.37. The van der Waals surface area contributed by atoms with Gasteiger partial charge in [-0.05, 0) is 43.5 Å². The first-order chi connectivity index (χ1) is 11.0. The number of benzene rings is 1. The first-order valence-corrected chi connectivity index (χ1v) is 9.45. The number of hydrogen-bond donors (Lipinski definition) is 0. The number of nitrogens with zero attached hydrogens (tertiary/aromatic N) is 2. The van der Waals surface area contributed by atoms with Gasteiger partial charge in [-0.2, -0.15) is 5.26 Å². The van der Waals surface area contributed by atoms with E-state index in [-0.39, 0.29) is 36.1 Å². The van der Waals surface area contributed by atoms with E-state index in [4.69, 9.17) is 10.00 Å². The molecule has 1 saturated carbocycles. The average Bonchev–Trinajstić information content (AvgIpc) is 3.29. The van der Waals surface area contributed by atoms with Crippen LogP contribution in [-0.4, -0.2) is 49.4 Å². The SMILES string of the molecule is N#Cc1ccc(OCC(=O)N(C2CC2)[C@H]2CCS(=O)(=O)C2)cc1. The van der Waals surface area contributed by atoms with Gasteiger partial charge >= 0.3 is 0 Å². The van der Waals surface area contributed by atoms with Crippen molar-refractivity contribution in [3.05, 3.63) is 29.8 Å². The molecule has 2 aliphatic rings. The molecule has 122 valence electrons. The normalized spacial score (nSPS) is 22.3. The molecule has 1 aromatic rings. The van der Waals surface area contributed by atoms with Crippen LogP contribution in [-0.2, 0) is 14.6 Å². The molecule has 3 rings (SSSR count). The lowest BCUT2D eigenvalue weighted by Gasteiger charge is -2.28. The maximum Gasteiger partial charge on any atom is 0.261 e. The topological polar surface area (TPSA) is 87.5 Å². The average molecular weight is 334 g/mol. The second-order valence-corrected chi connectivity index (χ2v) is 8.24. The van der Waals surface area contributed by atoms with Gasteiger partial charge in [0, 0.05) is 12.1 Å². The Morgan fingerprint density at radius 2 is 1.91 bits per heavy atom. The fraction of sp³-hybridized carbons (Fsp3) is 0.500. The molecule has 1 saturated heterocycles. The van der Waals surface area contributed by atoms with Crippen molar-refractivity contribution in [2.24, 2.45) is 0 Å². The van der Waals surface area contributed by atoms with Crippen molar-refractivity contribution in [1.29, 1.82) is 5.26 Å². The summed E-state index contributed by atoms with van der Waals surface area (Å²) in [7, 11) is -3.02. The van der Waals surface area contributed by atoms with Gasteiger partial charge in [0.1, 0.15) is 5.75 Å². The second-order valence-electron chi connectivity index (χ2n) is 6.01. The number of sulfone groups is 1. The first kappa shape index (κ1) is 15.8. The molecular weight excluding hydrogens is 316 g/mol. The molecule has 1 amide bonds. The molecule has 7 heteroatoms. The van der Waals surface area contributed by atoms with Gasteiger partial charge in [0.15, 0.2) is 16.4 Å². The molecule has 0 radical (unpaired) electrons. The first-order valence-electron chi connectivity index (χ1n) is 7.63. The van der Waals surface area contributed by atoms with Crippen LogP contribution in [0.4, 0.5) is 0 Å². The lowest BCUT2D eigenvalue weighted by molar-refractivity contribution is -0.135. The lowest BCUT2D eigenvalue weighted by atomic mass is 10.2. The van der Waals surface area contributed by atoms with Gasteiger partial charge in [-0.25, -0.2) is 8.42 Å². The van der Waals surface area contributed by atoms with Gasteiger partial charge in [0.2, 0.25) is 0 Å². The number of rotatable bonds is 5. The van der Waals surface area contributed by atoms with Crippen LogP contribution < -0.4 is 4.74 Å². The molecule has 0 unspecified atom stereocenters. The van der Waals surface area contributed by atoms with Gasteiger partial charge in [-0.3, -0.25) is 4.79 Å². The maximum atomic E-state index is 12.5. The van der Waals surface area contributed by atoms with Crippen LogP contribution in [0.5, 0.6) is 5.75 Å². The van der Waals surface area contributed by atoms with Crippen LogP contribution in [0.1, 0.15) is 24.8 Å². The highest BCUT2D eigenvalue weighted by Crippen LogP contribution is 2.32. The fourth-order valence-corrected chi connectivity index (χ4v) is 4.61. The van der Waals surface area contributed by atoms with Gasteiger partial charge in [-0.15, -0.1) is 0 Å². The molecule has 1 atom stereocenters. The number of carbonyl (C=O) groups excluding carboxylic acids is 1. The zero-order valence-electron chi connectivity index (χ0n) is 12.6. The molecular formula is C16H18N2O4S. The Labute approximate surface area is 135 Å². The second kappa shape index (κ2) is 6.20. The fourth-order valence-electron chi connectivity index (χ4n) is 2.90. The monoisotopic (exact) mass is 334 g/mol. The van der Waals surface area contributed by atoms with Crippen LogP contribution in [0.2, 0.25) is 0 Å². The Hall–Kier alpha value is -2.07. The summed E-state index contributed by atoms with van der Waals surface area (Å²) in [5, 5.41) is 8.75. The quantitative estimate of drug-likeness (QED) is 0.805. The van der Waals surface area contributed by atoms with Crippen molar-refractivity contribution >= 4 is 15.7 Å². The zero-order valence-corrected chi connectivity index (χ0v) is 13.5. The van der Waals surface area contributed by atoms with Crippen molar-refractivity contribution in [3.8, 4) is 11.8 Å². The van der Waals surface area contributed by atoms with Crippen LogP contribution in [0.25, 0.3) is 0 Å². The molecule has 1 aromatic carbocycles. The van der Waals surface area contributed by atoms with Gasteiger partial charge in [0.25, 0.3) is 5.91 Å². The van der Waals surface area contributed by atoms with Crippen LogP contribution in [0.15, 0.2) is 24.3 Å². The Morgan fingerprint density at radius 1 is 1.22 bits per heavy atom. The Kier molecular flexibility index (Phi) is 4.26. The van der Waals surface area contributed by atoms with E-state index >= 15 is 0 Å². The van der Waals surface area contributed by atoms with E-state index in [0.29, 0.717) is 17.7 Å². The summed E-state index contributed by atoms with van der Waals surface area (Å²) in [6, 6.07) is 8.50. The summed E-state index contributed by atoms with van der Waals surface area (Å²) in [6.45, 7) is -0.112. The van der Waals surface area contributed by atoms with Gasteiger partial charge < -0.3 is 9.64 Å². The highest BCUT2D eigenvalue weighted by molar-refractivity contribution is 7.91. The highest BCUT2D eigenvalue weighted by Gasteiger charge is 2.42. The van der Waals surface area contributed by atoms with Crippen LogP contribution >= 0.6 is 0 Å². The third-order valence-electron chi connectivity index (χ3n) is 4.18. The molecule has 0 spiro atoms. The minimum atomic E-state index is -3.02. The summed E-state index contributed by atoms with van der Waals surface area (Å²) < 4.78 is 28.8. The van der Waals surface area contributed by atoms with Crippen molar-refractivity contribution in [3.63, 3.8) is 0 Å². The standard InChI is InChI=1S/C16H18N2O4S/c17-9-12-1-5-15(6-2-12)22-10-16(19)18(13-3-4-13)14-7-8-23(20,21)11-14/h1-2,5-6,13-14H,3-4,7-8,10-11H2/t14-/m0/s1. The van der Waals surface area contributed by atoms with E-state index in [1.807, 2.05) is 6.07 Å². The third-order valence-corrected chi connectivity index (χ3v) is 5.93. The minimum absolute atomic E-state index is 0.0616. The number of hydrogen-bond acceptors (Lipinski definition) is 5. The molecule has 0 aromatic heterocycles. The largest absolute Gasteiger partial charge is 0.484 e. The molecule has 2 fully saturated rings.